The summed E-state index contributed by atoms with van der Waals surface area (Å²) in [6.07, 6.45) is 47.8. The molecule has 2 N–H and O–H groups in total. The Morgan fingerprint density at radius 3 is 1.61 bits per heavy atom. The number of carbonyl (C=O) groups is 2. The van der Waals surface area contributed by atoms with Crippen molar-refractivity contribution < 1.29 is 29.3 Å². The number of unbranched alkanes of at least 4 members (excludes halogenated alkanes) is 22. The SMILES string of the molecule is CCCCC/C=C\C[C@H](O)/C=C/C=C\C/C=C\CCCC(=O)O[C@@H](CO)COC(=O)CCCCCCCCCCCCCCCCCCCCC. The summed E-state index contributed by atoms with van der Waals surface area (Å²) in [6.45, 7) is 4.00. The summed E-state index contributed by atoms with van der Waals surface area (Å²) in [4.78, 5) is 24.3. The fourth-order valence-electron chi connectivity index (χ4n) is 5.93. The average Bonchev–Trinajstić information content (AvgIpc) is 3.13. The molecule has 2 atom stereocenters. The van der Waals surface area contributed by atoms with E-state index in [-0.39, 0.29) is 25.6 Å². The second-order valence-electron chi connectivity index (χ2n) is 14.3. The fourth-order valence-corrected chi connectivity index (χ4v) is 5.93. The number of hydrogen-bond donors (Lipinski definition) is 2. The lowest BCUT2D eigenvalue weighted by Crippen LogP contribution is -2.28. The lowest BCUT2D eigenvalue weighted by Gasteiger charge is -2.15. The van der Waals surface area contributed by atoms with E-state index in [1.165, 1.54) is 122 Å². The van der Waals surface area contributed by atoms with Gasteiger partial charge in [0.15, 0.2) is 6.10 Å². The van der Waals surface area contributed by atoms with Crippen molar-refractivity contribution in [3.8, 4) is 0 Å². The van der Waals surface area contributed by atoms with Crippen LogP contribution in [0, 0.1) is 0 Å². The molecule has 0 aromatic carbocycles. The molecule has 0 saturated carbocycles. The first-order valence-electron chi connectivity index (χ1n) is 21.3. The van der Waals surface area contributed by atoms with Crippen LogP contribution in [0.5, 0.6) is 0 Å². The van der Waals surface area contributed by atoms with Crippen LogP contribution in [0.2, 0.25) is 0 Å². The Hall–Kier alpha value is -2.18. The van der Waals surface area contributed by atoms with Crippen molar-refractivity contribution in [1.82, 2.24) is 0 Å². The molecule has 6 nitrogen and oxygen atoms in total. The van der Waals surface area contributed by atoms with E-state index in [4.69, 9.17) is 9.47 Å². The van der Waals surface area contributed by atoms with Crippen LogP contribution >= 0.6 is 0 Å². The summed E-state index contributed by atoms with van der Waals surface area (Å²) in [5, 5.41) is 19.5. The van der Waals surface area contributed by atoms with E-state index in [1.807, 2.05) is 30.4 Å². The third-order valence-corrected chi connectivity index (χ3v) is 9.21. The second-order valence-corrected chi connectivity index (χ2v) is 14.3. The molecule has 6 heteroatoms. The van der Waals surface area contributed by atoms with E-state index in [1.54, 1.807) is 6.08 Å². The van der Waals surface area contributed by atoms with Crippen LogP contribution in [0.1, 0.15) is 200 Å². The maximum Gasteiger partial charge on any atom is 0.306 e. The molecule has 0 aliphatic carbocycles. The van der Waals surface area contributed by atoms with Crippen LogP contribution in [0.15, 0.2) is 48.6 Å². The number of hydrogen-bond acceptors (Lipinski definition) is 6. The molecule has 0 saturated heterocycles. The Morgan fingerprint density at radius 1 is 0.549 bits per heavy atom. The highest BCUT2D eigenvalue weighted by Gasteiger charge is 2.16. The maximum atomic E-state index is 12.2. The summed E-state index contributed by atoms with van der Waals surface area (Å²) in [5.41, 5.74) is 0. The lowest BCUT2D eigenvalue weighted by molar-refractivity contribution is -0.161. The molecular weight excluding hydrogens is 636 g/mol. The van der Waals surface area contributed by atoms with Crippen molar-refractivity contribution >= 4 is 11.9 Å². The van der Waals surface area contributed by atoms with Gasteiger partial charge in [0, 0.05) is 12.8 Å². The predicted molar refractivity (Wildman–Crippen MR) is 216 cm³/mol. The van der Waals surface area contributed by atoms with Crippen LogP contribution in [0.3, 0.4) is 0 Å². The Labute approximate surface area is 314 Å². The number of esters is 2. The third-order valence-electron chi connectivity index (χ3n) is 9.21. The van der Waals surface area contributed by atoms with Gasteiger partial charge < -0.3 is 19.7 Å². The largest absolute Gasteiger partial charge is 0.462 e. The molecule has 0 spiro atoms. The predicted octanol–water partition coefficient (Wildman–Crippen LogP) is 12.4. The number of allylic oxidation sites excluding steroid dienone is 6. The van der Waals surface area contributed by atoms with Crippen molar-refractivity contribution in [1.29, 1.82) is 0 Å². The second kappa shape index (κ2) is 40.6. The van der Waals surface area contributed by atoms with Gasteiger partial charge >= 0.3 is 11.9 Å². The Morgan fingerprint density at radius 2 is 1.04 bits per heavy atom. The molecule has 0 rings (SSSR count). The van der Waals surface area contributed by atoms with Gasteiger partial charge in [-0.15, -0.1) is 0 Å². The Balaban J connectivity index is 3.66. The molecule has 0 amide bonds. The van der Waals surface area contributed by atoms with Crippen LogP contribution in [-0.2, 0) is 19.1 Å². The number of rotatable bonds is 38. The third kappa shape index (κ3) is 38.9. The summed E-state index contributed by atoms with van der Waals surface area (Å²) in [5.74, 6) is -0.690. The molecule has 0 aliphatic heterocycles. The molecule has 0 aromatic rings. The number of ether oxygens (including phenoxy) is 2. The molecule has 0 aromatic heterocycles. The highest BCUT2D eigenvalue weighted by atomic mass is 16.6. The Kier molecular flexibility index (Phi) is 38.9. The monoisotopic (exact) mass is 717 g/mol. The zero-order chi connectivity index (χ0) is 37.3. The minimum atomic E-state index is -0.819. The molecule has 0 radical (unpaired) electrons. The number of aliphatic hydroxyl groups excluding tert-OH is 2. The molecule has 296 valence electrons. The van der Waals surface area contributed by atoms with Gasteiger partial charge in [0.05, 0.1) is 12.7 Å². The van der Waals surface area contributed by atoms with Gasteiger partial charge in [-0.3, -0.25) is 9.59 Å². The molecule has 0 fully saturated rings. The fraction of sp³-hybridized carbons (Fsp3) is 0.778. The first-order valence-corrected chi connectivity index (χ1v) is 21.3. The van der Waals surface area contributed by atoms with E-state index >= 15 is 0 Å². The summed E-state index contributed by atoms with van der Waals surface area (Å²) in [7, 11) is 0. The average molecular weight is 717 g/mol. The van der Waals surface area contributed by atoms with E-state index in [0.717, 1.165) is 38.5 Å². The normalized spacial score (nSPS) is 13.3. The lowest BCUT2D eigenvalue weighted by atomic mass is 10.0. The molecular formula is C45H80O6. The molecule has 0 unspecified atom stereocenters. The number of carbonyl (C=O) groups excluding carboxylic acids is 2. The van der Waals surface area contributed by atoms with Gasteiger partial charge in [-0.1, -0.05) is 191 Å². The molecule has 0 bridgehead atoms. The molecule has 51 heavy (non-hydrogen) atoms. The Bertz CT molecular complexity index is 876. The standard InChI is InChI=1S/C45H80O6/c1-3-5-7-9-11-12-13-14-15-16-17-18-19-20-21-22-26-30-34-38-44(48)50-41-43(40-46)51-45(49)39-35-31-27-24-23-25-29-33-37-42(47)36-32-28-10-8-6-4-2/h24-25,27-29,32-33,37,42-43,46-47H,3-23,26,30-31,34-36,38-41H2,1-2H3/b27-24-,29-25-,32-28-,37-33+/t42-,43-/m0/s1. The van der Waals surface area contributed by atoms with Crippen molar-refractivity contribution in [3.05, 3.63) is 48.6 Å². The van der Waals surface area contributed by atoms with Gasteiger partial charge in [0.1, 0.15) is 6.61 Å². The van der Waals surface area contributed by atoms with Crippen LogP contribution in [-0.4, -0.2) is 47.6 Å². The first kappa shape index (κ1) is 48.8. The van der Waals surface area contributed by atoms with E-state index < -0.39 is 18.2 Å². The van der Waals surface area contributed by atoms with E-state index in [9.17, 15) is 19.8 Å². The van der Waals surface area contributed by atoms with Crippen LogP contribution < -0.4 is 0 Å². The summed E-state index contributed by atoms with van der Waals surface area (Å²) in [6, 6.07) is 0. The molecule has 0 heterocycles. The maximum absolute atomic E-state index is 12.2. The highest BCUT2D eigenvalue weighted by molar-refractivity contribution is 5.70. The van der Waals surface area contributed by atoms with Gasteiger partial charge in [-0.2, -0.15) is 0 Å². The number of aliphatic hydroxyl groups is 2. The zero-order valence-corrected chi connectivity index (χ0v) is 33.2. The van der Waals surface area contributed by atoms with Crippen molar-refractivity contribution in [2.45, 2.75) is 212 Å². The van der Waals surface area contributed by atoms with Crippen molar-refractivity contribution in [2.75, 3.05) is 13.2 Å². The minimum absolute atomic E-state index is 0.104. The highest BCUT2D eigenvalue weighted by Crippen LogP contribution is 2.15. The summed E-state index contributed by atoms with van der Waals surface area (Å²) >= 11 is 0. The van der Waals surface area contributed by atoms with Gasteiger partial charge in [0.25, 0.3) is 0 Å². The van der Waals surface area contributed by atoms with Gasteiger partial charge in [0.2, 0.25) is 0 Å². The molecule has 0 aliphatic rings. The van der Waals surface area contributed by atoms with E-state index in [2.05, 4.69) is 26.0 Å². The van der Waals surface area contributed by atoms with Crippen molar-refractivity contribution in [3.63, 3.8) is 0 Å². The zero-order valence-electron chi connectivity index (χ0n) is 33.2. The quantitative estimate of drug-likeness (QED) is 0.0286. The van der Waals surface area contributed by atoms with Crippen LogP contribution in [0.4, 0.5) is 0 Å². The van der Waals surface area contributed by atoms with Gasteiger partial charge in [-0.25, -0.2) is 0 Å². The smallest absolute Gasteiger partial charge is 0.306 e. The topological polar surface area (TPSA) is 93.1 Å². The van der Waals surface area contributed by atoms with Gasteiger partial charge in [-0.05, 0) is 44.9 Å². The summed E-state index contributed by atoms with van der Waals surface area (Å²) < 4.78 is 10.6. The van der Waals surface area contributed by atoms with Crippen molar-refractivity contribution in [2.24, 2.45) is 0 Å². The van der Waals surface area contributed by atoms with Crippen LogP contribution in [0.25, 0.3) is 0 Å². The van der Waals surface area contributed by atoms with E-state index in [0.29, 0.717) is 19.3 Å². The minimum Gasteiger partial charge on any atom is -0.462 e. The first-order chi connectivity index (χ1) is 25.0.